The number of aryl methyl sites for hydroxylation is 1. The van der Waals surface area contributed by atoms with Crippen LogP contribution < -0.4 is 4.90 Å². The lowest BCUT2D eigenvalue weighted by Gasteiger charge is -2.47. The fourth-order valence-corrected chi connectivity index (χ4v) is 3.04. The zero-order chi connectivity index (χ0) is 14.0. The minimum Gasteiger partial charge on any atom is -0.366 e. The quantitative estimate of drug-likeness (QED) is 0.792. The van der Waals surface area contributed by atoms with Gasteiger partial charge in [0, 0.05) is 24.2 Å². The van der Waals surface area contributed by atoms with Crippen molar-refractivity contribution in [2.24, 2.45) is 5.92 Å². The molecule has 0 aromatic heterocycles. The molecule has 1 aliphatic rings. The first kappa shape index (κ1) is 13.9. The predicted molar refractivity (Wildman–Crippen MR) is 80.3 cm³/mol. The number of nitriles is 1. The summed E-state index contributed by atoms with van der Waals surface area (Å²) in [6.45, 7) is 10.0. The highest BCUT2D eigenvalue weighted by molar-refractivity contribution is 5.58. The van der Waals surface area contributed by atoms with Gasteiger partial charge in [-0.3, -0.25) is 0 Å². The third-order valence-electron chi connectivity index (χ3n) is 4.58. The summed E-state index contributed by atoms with van der Waals surface area (Å²) in [5.74, 6) is 0.512. The summed E-state index contributed by atoms with van der Waals surface area (Å²) >= 11 is 0. The molecule has 0 bridgehead atoms. The Labute approximate surface area is 117 Å². The number of piperidine rings is 1. The minimum atomic E-state index is 0.185. The molecule has 0 aliphatic carbocycles. The summed E-state index contributed by atoms with van der Waals surface area (Å²) in [6, 6.07) is 8.87. The second-order valence-electron chi connectivity index (χ2n) is 6.41. The molecule has 2 rings (SSSR count). The van der Waals surface area contributed by atoms with Crippen LogP contribution in [0, 0.1) is 31.1 Å². The van der Waals surface area contributed by atoms with E-state index >= 15 is 0 Å². The molecule has 1 aromatic rings. The first-order valence-corrected chi connectivity index (χ1v) is 7.16. The van der Waals surface area contributed by atoms with Crippen molar-refractivity contribution in [3.63, 3.8) is 0 Å². The van der Waals surface area contributed by atoms with Crippen LogP contribution in [0.3, 0.4) is 0 Å². The predicted octanol–water partition coefficient (Wildman–Crippen LogP) is 4.21. The SMILES string of the molecule is Cc1cccc(N2CC(CC#N)CCC2(C)C)c1C. The summed E-state index contributed by atoms with van der Waals surface area (Å²) in [6.07, 6.45) is 3.01. The van der Waals surface area contributed by atoms with Crippen LogP contribution in [-0.4, -0.2) is 12.1 Å². The van der Waals surface area contributed by atoms with Gasteiger partial charge in [0.2, 0.25) is 0 Å². The molecular formula is C17H24N2. The molecule has 1 heterocycles. The molecule has 2 nitrogen and oxygen atoms in total. The van der Waals surface area contributed by atoms with E-state index in [1.165, 1.54) is 23.2 Å². The van der Waals surface area contributed by atoms with Gasteiger partial charge in [0.05, 0.1) is 6.07 Å². The van der Waals surface area contributed by atoms with Crippen LogP contribution >= 0.6 is 0 Å². The third kappa shape index (κ3) is 2.76. The first-order valence-electron chi connectivity index (χ1n) is 7.16. The Bertz CT molecular complexity index is 496. The Kier molecular flexibility index (Phi) is 3.85. The van der Waals surface area contributed by atoms with Crippen LogP contribution in [0.4, 0.5) is 5.69 Å². The van der Waals surface area contributed by atoms with Crippen LogP contribution in [0.2, 0.25) is 0 Å². The maximum Gasteiger partial charge on any atom is 0.0625 e. The Morgan fingerprint density at radius 2 is 2.11 bits per heavy atom. The number of anilines is 1. The van der Waals surface area contributed by atoms with Crippen LogP contribution in [0.15, 0.2) is 18.2 Å². The summed E-state index contributed by atoms with van der Waals surface area (Å²) in [7, 11) is 0. The smallest absolute Gasteiger partial charge is 0.0625 e. The van der Waals surface area contributed by atoms with Gasteiger partial charge in [-0.15, -0.1) is 0 Å². The molecule has 2 heteroatoms. The molecule has 19 heavy (non-hydrogen) atoms. The van der Waals surface area contributed by atoms with E-state index in [0.29, 0.717) is 12.3 Å². The molecule has 0 saturated carbocycles. The molecule has 0 N–H and O–H groups in total. The van der Waals surface area contributed by atoms with Crippen LogP contribution in [0.25, 0.3) is 0 Å². The van der Waals surface area contributed by atoms with Gasteiger partial charge < -0.3 is 4.90 Å². The van der Waals surface area contributed by atoms with Crippen LogP contribution in [-0.2, 0) is 0 Å². The van der Waals surface area contributed by atoms with Gasteiger partial charge in [-0.25, -0.2) is 0 Å². The zero-order valence-corrected chi connectivity index (χ0v) is 12.5. The van der Waals surface area contributed by atoms with E-state index in [0.717, 1.165) is 13.0 Å². The monoisotopic (exact) mass is 256 g/mol. The van der Waals surface area contributed by atoms with E-state index in [9.17, 15) is 0 Å². The Balaban J connectivity index is 2.34. The molecule has 0 amide bonds. The van der Waals surface area contributed by atoms with Gasteiger partial charge in [-0.1, -0.05) is 12.1 Å². The molecule has 0 spiro atoms. The lowest BCUT2D eigenvalue weighted by molar-refractivity contribution is 0.292. The van der Waals surface area contributed by atoms with Crippen LogP contribution in [0.1, 0.15) is 44.2 Å². The molecule has 1 atom stereocenters. The van der Waals surface area contributed by atoms with E-state index in [1.54, 1.807) is 0 Å². The van der Waals surface area contributed by atoms with Crippen molar-refractivity contribution in [1.29, 1.82) is 5.26 Å². The number of nitrogens with zero attached hydrogens (tertiary/aromatic N) is 2. The number of hydrogen-bond acceptors (Lipinski definition) is 2. The standard InChI is InChI=1S/C17H24N2/c1-13-6-5-7-16(14(13)2)19-12-15(9-11-18)8-10-17(19,3)4/h5-7,15H,8-10,12H2,1-4H3. The summed E-state index contributed by atoms with van der Waals surface area (Å²) < 4.78 is 0. The highest BCUT2D eigenvalue weighted by Gasteiger charge is 2.34. The Hall–Kier alpha value is -1.49. The van der Waals surface area contributed by atoms with Crippen molar-refractivity contribution in [3.05, 3.63) is 29.3 Å². The Morgan fingerprint density at radius 1 is 1.37 bits per heavy atom. The van der Waals surface area contributed by atoms with Gasteiger partial charge >= 0.3 is 0 Å². The molecule has 1 aromatic carbocycles. The van der Waals surface area contributed by atoms with Gasteiger partial charge in [0.15, 0.2) is 0 Å². The summed E-state index contributed by atoms with van der Waals surface area (Å²) in [5, 5.41) is 8.94. The van der Waals surface area contributed by atoms with Gasteiger partial charge in [-0.2, -0.15) is 5.26 Å². The summed E-state index contributed by atoms with van der Waals surface area (Å²) in [5.41, 5.74) is 4.24. The first-order chi connectivity index (χ1) is 8.95. The lowest BCUT2D eigenvalue weighted by atomic mass is 9.82. The average molecular weight is 256 g/mol. The molecule has 1 aliphatic heterocycles. The topological polar surface area (TPSA) is 27.0 Å². The van der Waals surface area contributed by atoms with E-state index < -0.39 is 0 Å². The van der Waals surface area contributed by atoms with Crippen molar-refractivity contribution >= 4 is 5.69 Å². The van der Waals surface area contributed by atoms with E-state index in [2.05, 4.69) is 56.9 Å². The van der Waals surface area contributed by atoms with E-state index in [-0.39, 0.29) is 5.54 Å². The van der Waals surface area contributed by atoms with Crippen molar-refractivity contribution in [1.82, 2.24) is 0 Å². The number of rotatable bonds is 2. The third-order valence-corrected chi connectivity index (χ3v) is 4.58. The molecule has 1 unspecified atom stereocenters. The largest absolute Gasteiger partial charge is 0.366 e. The molecule has 1 fully saturated rings. The van der Waals surface area contributed by atoms with Gasteiger partial charge in [-0.05, 0) is 63.6 Å². The maximum absolute atomic E-state index is 8.94. The van der Waals surface area contributed by atoms with Crippen LogP contribution in [0.5, 0.6) is 0 Å². The van der Waals surface area contributed by atoms with Gasteiger partial charge in [0.1, 0.15) is 0 Å². The fraction of sp³-hybridized carbons (Fsp3) is 0.588. The minimum absolute atomic E-state index is 0.185. The number of benzene rings is 1. The second kappa shape index (κ2) is 5.25. The van der Waals surface area contributed by atoms with Gasteiger partial charge in [0.25, 0.3) is 0 Å². The average Bonchev–Trinajstić information content (AvgIpc) is 2.36. The van der Waals surface area contributed by atoms with Crippen molar-refractivity contribution in [2.75, 3.05) is 11.4 Å². The fourth-order valence-electron chi connectivity index (χ4n) is 3.04. The summed E-state index contributed by atoms with van der Waals surface area (Å²) in [4.78, 5) is 2.51. The number of hydrogen-bond donors (Lipinski definition) is 0. The molecule has 0 radical (unpaired) electrons. The van der Waals surface area contributed by atoms with Crippen molar-refractivity contribution in [2.45, 2.75) is 52.5 Å². The lowest BCUT2D eigenvalue weighted by Crippen LogP contribution is -2.51. The molecule has 102 valence electrons. The highest BCUT2D eigenvalue weighted by Crippen LogP contribution is 2.37. The molecule has 1 saturated heterocycles. The normalized spacial score (nSPS) is 22.1. The maximum atomic E-state index is 8.94. The zero-order valence-electron chi connectivity index (χ0n) is 12.5. The van der Waals surface area contributed by atoms with E-state index in [4.69, 9.17) is 5.26 Å². The second-order valence-corrected chi connectivity index (χ2v) is 6.41. The van der Waals surface area contributed by atoms with Crippen molar-refractivity contribution in [3.8, 4) is 6.07 Å². The Morgan fingerprint density at radius 3 is 2.79 bits per heavy atom. The van der Waals surface area contributed by atoms with Crippen molar-refractivity contribution < 1.29 is 0 Å². The molecular weight excluding hydrogens is 232 g/mol. The highest BCUT2D eigenvalue weighted by atomic mass is 15.2. The van der Waals surface area contributed by atoms with E-state index in [1.807, 2.05) is 0 Å².